The van der Waals surface area contributed by atoms with E-state index in [0.29, 0.717) is 29.4 Å². The van der Waals surface area contributed by atoms with Gasteiger partial charge in [-0.25, -0.2) is 4.39 Å². The van der Waals surface area contributed by atoms with Gasteiger partial charge >= 0.3 is 0 Å². The Balaban J connectivity index is 2.13. The van der Waals surface area contributed by atoms with Crippen LogP contribution >= 0.6 is 23.2 Å². The third-order valence-electron chi connectivity index (χ3n) is 2.94. The van der Waals surface area contributed by atoms with Crippen molar-refractivity contribution in [1.82, 2.24) is 5.32 Å². The van der Waals surface area contributed by atoms with Crippen molar-refractivity contribution in [2.24, 2.45) is 0 Å². The molecule has 4 heteroatoms. The maximum absolute atomic E-state index is 14.4. The normalized spacial score (nSPS) is 25.7. The first-order valence-corrected chi connectivity index (χ1v) is 6.18. The molecule has 16 heavy (non-hydrogen) atoms. The Morgan fingerprint density at radius 3 is 2.81 bits per heavy atom. The zero-order chi connectivity index (χ0) is 11.6. The molecular formula is C12H14Cl2FN. The van der Waals surface area contributed by atoms with Crippen molar-refractivity contribution in [3.05, 3.63) is 33.8 Å². The zero-order valence-corrected chi connectivity index (χ0v) is 10.4. The lowest BCUT2D eigenvalue weighted by molar-refractivity contribution is 0.122. The van der Waals surface area contributed by atoms with E-state index in [1.54, 1.807) is 18.2 Å². The number of alkyl halides is 1. The fourth-order valence-corrected chi connectivity index (χ4v) is 2.56. The average Bonchev–Trinajstić information content (AvgIpc) is 2.23. The summed E-state index contributed by atoms with van der Waals surface area (Å²) in [5, 5.41) is 4.22. The Morgan fingerprint density at radius 2 is 2.19 bits per heavy atom. The molecule has 0 aromatic heterocycles. The molecular weight excluding hydrogens is 248 g/mol. The first-order valence-electron chi connectivity index (χ1n) is 5.43. The Kier molecular flexibility index (Phi) is 3.73. The number of hydrogen-bond acceptors (Lipinski definition) is 1. The van der Waals surface area contributed by atoms with Crippen LogP contribution in [0.4, 0.5) is 4.39 Å². The molecule has 0 radical (unpaired) electrons. The van der Waals surface area contributed by atoms with E-state index in [0.717, 1.165) is 18.5 Å². The summed E-state index contributed by atoms with van der Waals surface area (Å²) in [6.45, 7) is 1.31. The number of piperidine rings is 1. The molecule has 1 heterocycles. The van der Waals surface area contributed by atoms with Crippen LogP contribution in [0, 0.1) is 0 Å². The molecule has 0 bridgehead atoms. The molecule has 1 saturated heterocycles. The number of nitrogens with one attached hydrogen (secondary N) is 1. The van der Waals surface area contributed by atoms with Crippen molar-refractivity contribution >= 4 is 23.2 Å². The lowest BCUT2D eigenvalue weighted by Crippen LogP contribution is -2.43. The van der Waals surface area contributed by atoms with Crippen LogP contribution in [-0.2, 0) is 6.42 Å². The summed E-state index contributed by atoms with van der Waals surface area (Å²) in [7, 11) is 0. The smallest absolute Gasteiger partial charge is 0.127 e. The monoisotopic (exact) mass is 261 g/mol. The summed E-state index contributed by atoms with van der Waals surface area (Å²) in [5.74, 6) is 0. The van der Waals surface area contributed by atoms with Gasteiger partial charge in [-0.15, -0.1) is 0 Å². The second-order valence-corrected chi connectivity index (χ2v) is 5.19. The van der Waals surface area contributed by atoms with Gasteiger partial charge in [-0.3, -0.25) is 0 Å². The largest absolute Gasteiger partial charge is 0.314 e. The van der Waals surface area contributed by atoms with Crippen LogP contribution in [0.15, 0.2) is 18.2 Å². The van der Waals surface area contributed by atoms with Gasteiger partial charge in [0, 0.05) is 23.0 Å². The van der Waals surface area contributed by atoms with E-state index in [1.165, 1.54) is 0 Å². The zero-order valence-electron chi connectivity index (χ0n) is 8.90. The van der Waals surface area contributed by atoms with Crippen molar-refractivity contribution < 1.29 is 4.39 Å². The van der Waals surface area contributed by atoms with E-state index in [4.69, 9.17) is 23.2 Å². The average molecular weight is 262 g/mol. The highest BCUT2D eigenvalue weighted by atomic mass is 35.5. The number of hydrogen-bond donors (Lipinski definition) is 1. The van der Waals surface area contributed by atoms with E-state index >= 15 is 0 Å². The molecule has 1 unspecified atom stereocenters. The SMILES string of the molecule is FC1(Cc2ccc(Cl)cc2Cl)CCCNC1. The van der Waals surface area contributed by atoms with Gasteiger partial charge < -0.3 is 5.32 Å². The first kappa shape index (κ1) is 12.2. The van der Waals surface area contributed by atoms with Gasteiger partial charge in [0.25, 0.3) is 0 Å². The van der Waals surface area contributed by atoms with Crippen molar-refractivity contribution in [2.45, 2.75) is 24.9 Å². The number of halogens is 3. The second-order valence-electron chi connectivity index (χ2n) is 4.34. The third-order valence-corrected chi connectivity index (χ3v) is 3.53. The minimum atomic E-state index is -1.17. The van der Waals surface area contributed by atoms with Crippen molar-refractivity contribution in [1.29, 1.82) is 0 Å². The summed E-state index contributed by atoms with van der Waals surface area (Å²) in [6.07, 6.45) is 1.83. The molecule has 0 amide bonds. The Labute approximate surface area is 105 Å². The topological polar surface area (TPSA) is 12.0 Å². The molecule has 1 aliphatic heterocycles. The predicted octanol–water partition coefficient (Wildman–Crippen LogP) is 3.63. The summed E-state index contributed by atoms with van der Waals surface area (Å²) in [4.78, 5) is 0. The van der Waals surface area contributed by atoms with Gasteiger partial charge in [-0.1, -0.05) is 29.3 Å². The first-order chi connectivity index (χ1) is 7.59. The number of rotatable bonds is 2. The highest BCUT2D eigenvalue weighted by molar-refractivity contribution is 6.35. The molecule has 0 spiro atoms. The van der Waals surface area contributed by atoms with E-state index in [-0.39, 0.29) is 0 Å². The van der Waals surface area contributed by atoms with Crippen LogP contribution in [0.1, 0.15) is 18.4 Å². The predicted molar refractivity (Wildman–Crippen MR) is 66.1 cm³/mol. The second kappa shape index (κ2) is 4.91. The maximum atomic E-state index is 14.4. The molecule has 1 aromatic rings. The van der Waals surface area contributed by atoms with Crippen molar-refractivity contribution in [3.8, 4) is 0 Å². The summed E-state index contributed by atoms with van der Waals surface area (Å²) >= 11 is 11.8. The minimum Gasteiger partial charge on any atom is -0.314 e. The summed E-state index contributed by atoms with van der Waals surface area (Å²) in [6, 6.07) is 5.22. The molecule has 1 nitrogen and oxygen atoms in total. The molecule has 1 aliphatic rings. The fourth-order valence-electron chi connectivity index (χ4n) is 2.09. The van der Waals surface area contributed by atoms with Crippen molar-refractivity contribution in [3.63, 3.8) is 0 Å². The molecule has 0 aliphatic carbocycles. The number of benzene rings is 1. The Morgan fingerprint density at radius 1 is 1.38 bits per heavy atom. The summed E-state index contributed by atoms with van der Waals surface area (Å²) in [5.41, 5.74) is -0.340. The highest BCUT2D eigenvalue weighted by Gasteiger charge is 2.32. The maximum Gasteiger partial charge on any atom is 0.127 e. The van der Waals surface area contributed by atoms with Crippen LogP contribution in [-0.4, -0.2) is 18.8 Å². The molecule has 2 rings (SSSR count). The van der Waals surface area contributed by atoms with Crippen molar-refractivity contribution in [2.75, 3.05) is 13.1 Å². The lowest BCUT2D eigenvalue weighted by Gasteiger charge is -2.30. The molecule has 1 atom stereocenters. The summed E-state index contributed by atoms with van der Waals surface area (Å²) < 4.78 is 14.4. The highest BCUT2D eigenvalue weighted by Crippen LogP contribution is 2.30. The van der Waals surface area contributed by atoms with Gasteiger partial charge in [-0.2, -0.15) is 0 Å². The van der Waals surface area contributed by atoms with Crippen LogP contribution in [0.3, 0.4) is 0 Å². The lowest BCUT2D eigenvalue weighted by atomic mass is 9.89. The van der Waals surface area contributed by atoms with E-state index in [1.807, 2.05) is 0 Å². The Bertz CT molecular complexity index is 375. The van der Waals surface area contributed by atoms with Crippen LogP contribution < -0.4 is 5.32 Å². The van der Waals surface area contributed by atoms with Crippen LogP contribution in [0.5, 0.6) is 0 Å². The third kappa shape index (κ3) is 2.88. The quantitative estimate of drug-likeness (QED) is 0.858. The molecule has 0 saturated carbocycles. The van der Waals surface area contributed by atoms with Gasteiger partial charge in [0.2, 0.25) is 0 Å². The molecule has 1 fully saturated rings. The van der Waals surface area contributed by atoms with Crippen LogP contribution in [0.25, 0.3) is 0 Å². The van der Waals surface area contributed by atoms with Gasteiger partial charge in [-0.05, 0) is 37.1 Å². The molecule has 88 valence electrons. The van der Waals surface area contributed by atoms with Gasteiger partial charge in [0.05, 0.1) is 0 Å². The molecule has 1 N–H and O–H groups in total. The Hall–Kier alpha value is -0.310. The van der Waals surface area contributed by atoms with Gasteiger partial charge in [0.15, 0.2) is 0 Å². The van der Waals surface area contributed by atoms with E-state index in [9.17, 15) is 4.39 Å². The fraction of sp³-hybridized carbons (Fsp3) is 0.500. The van der Waals surface area contributed by atoms with Crippen LogP contribution in [0.2, 0.25) is 10.0 Å². The molecule has 1 aromatic carbocycles. The standard InChI is InChI=1S/C12H14Cl2FN/c13-10-3-2-9(11(14)6-10)7-12(15)4-1-5-16-8-12/h2-3,6,16H,1,4-5,7-8H2. The minimum absolute atomic E-state index is 0.357. The van der Waals surface area contributed by atoms with Gasteiger partial charge in [0.1, 0.15) is 5.67 Å². The van der Waals surface area contributed by atoms with E-state index < -0.39 is 5.67 Å². The van der Waals surface area contributed by atoms with E-state index in [2.05, 4.69) is 5.32 Å².